The Balaban J connectivity index is 1.46. The first-order valence-corrected chi connectivity index (χ1v) is 8.34. The third kappa shape index (κ3) is 2.16. The minimum atomic E-state index is -0.131. The third-order valence-corrected chi connectivity index (χ3v) is 5.65. The average molecular weight is 319 g/mol. The van der Waals surface area contributed by atoms with Crippen LogP contribution >= 0.6 is 0 Å². The molecule has 124 valence electrons. The monoisotopic (exact) mass is 319 g/mol. The summed E-state index contributed by atoms with van der Waals surface area (Å²) in [5, 5.41) is 10.0. The molecule has 1 aromatic rings. The van der Waals surface area contributed by atoms with E-state index in [4.69, 9.17) is 18.9 Å². The number of aliphatic hydroxyl groups excluding tert-OH is 1. The van der Waals surface area contributed by atoms with Gasteiger partial charge in [0.15, 0.2) is 17.8 Å². The lowest BCUT2D eigenvalue weighted by atomic mass is 9.83. The Bertz CT molecular complexity index is 615. The van der Waals surface area contributed by atoms with Gasteiger partial charge in [0.1, 0.15) is 0 Å². The molecule has 2 bridgehead atoms. The average Bonchev–Trinajstić information content (AvgIpc) is 3.27. The molecule has 4 heterocycles. The van der Waals surface area contributed by atoms with Crippen LogP contribution in [0.5, 0.6) is 11.5 Å². The molecule has 0 radical (unpaired) electrons. The van der Waals surface area contributed by atoms with E-state index in [-0.39, 0.29) is 24.9 Å². The van der Waals surface area contributed by atoms with Crippen LogP contribution in [0.4, 0.5) is 0 Å². The standard InChI is InChI=1S/C17H21NO5/c19-8-13-12-7-18(14(13)5-17-20-1-2-21-17)6-10-3-15-16(4-11(10)12)23-9-22-15/h3-4,12-14,17,19H,1-2,5-9H2/t12-,13-,14-/m0/s1. The molecular weight excluding hydrogens is 298 g/mol. The number of benzene rings is 1. The number of ether oxygens (including phenoxy) is 4. The van der Waals surface area contributed by atoms with E-state index in [1.165, 1.54) is 11.1 Å². The third-order valence-electron chi connectivity index (χ3n) is 5.65. The Morgan fingerprint density at radius 3 is 2.70 bits per heavy atom. The fourth-order valence-corrected chi connectivity index (χ4v) is 4.59. The molecule has 0 aromatic heterocycles. The molecule has 4 aliphatic rings. The van der Waals surface area contributed by atoms with Crippen molar-refractivity contribution in [2.45, 2.75) is 31.2 Å². The lowest BCUT2D eigenvalue weighted by molar-refractivity contribution is -0.0650. The molecule has 1 aromatic carbocycles. The van der Waals surface area contributed by atoms with E-state index >= 15 is 0 Å². The molecule has 0 aliphatic carbocycles. The largest absolute Gasteiger partial charge is 0.454 e. The van der Waals surface area contributed by atoms with E-state index < -0.39 is 0 Å². The number of rotatable bonds is 3. The summed E-state index contributed by atoms with van der Waals surface area (Å²) < 4.78 is 22.3. The molecule has 6 heteroatoms. The second-order valence-corrected chi connectivity index (χ2v) is 6.76. The van der Waals surface area contributed by atoms with Crippen molar-refractivity contribution < 1.29 is 24.1 Å². The van der Waals surface area contributed by atoms with Crippen LogP contribution in [0.1, 0.15) is 23.5 Å². The maximum Gasteiger partial charge on any atom is 0.231 e. The highest BCUT2D eigenvalue weighted by atomic mass is 16.7. The second-order valence-electron chi connectivity index (χ2n) is 6.76. The normalized spacial score (nSPS) is 34.8. The van der Waals surface area contributed by atoms with Gasteiger partial charge in [-0.15, -0.1) is 0 Å². The zero-order valence-electron chi connectivity index (χ0n) is 12.9. The van der Waals surface area contributed by atoms with Crippen molar-refractivity contribution in [1.29, 1.82) is 0 Å². The van der Waals surface area contributed by atoms with Gasteiger partial charge in [-0.25, -0.2) is 0 Å². The number of hydrogen-bond donors (Lipinski definition) is 1. The molecule has 5 rings (SSSR count). The molecule has 23 heavy (non-hydrogen) atoms. The Labute approximate surface area is 134 Å². The van der Waals surface area contributed by atoms with E-state index in [0.717, 1.165) is 31.0 Å². The molecule has 0 saturated carbocycles. The smallest absolute Gasteiger partial charge is 0.231 e. The SMILES string of the molecule is OC[C@H]1[C@H]2CN(Cc3cc4c(cc32)OCO4)[C@H]1CC1OCCO1. The molecule has 2 fully saturated rings. The van der Waals surface area contributed by atoms with Crippen molar-refractivity contribution >= 4 is 0 Å². The van der Waals surface area contributed by atoms with Crippen molar-refractivity contribution in [2.75, 3.05) is 33.2 Å². The van der Waals surface area contributed by atoms with Crippen LogP contribution in [0.2, 0.25) is 0 Å². The van der Waals surface area contributed by atoms with Crippen LogP contribution in [0.25, 0.3) is 0 Å². The Morgan fingerprint density at radius 1 is 1.13 bits per heavy atom. The molecule has 1 N–H and O–H groups in total. The maximum atomic E-state index is 10.0. The number of fused-ring (bicyclic) bond motifs is 5. The fraction of sp³-hybridized carbons (Fsp3) is 0.647. The highest BCUT2D eigenvalue weighted by Gasteiger charge is 2.47. The summed E-state index contributed by atoms with van der Waals surface area (Å²) in [5.41, 5.74) is 2.60. The van der Waals surface area contributed by atoms with Gasteiger partial charge in [-0.1, -0.05) is 0 Å². The van der Waals surface area contributed by atoms with Crippen LogP contribution in [0.3, 0.4) is 0 Å². The molecule has 1 unspecified atom stereocenters. The van der Waals surface area contributed by atoms with E-state index in [9.17, 15) is 5.11 Å². The van der Waals surface area contributed by atoms with E-state index in [1.54, 1.807) is 0 Å². The quantitative estimate of drug-likeness (QED) is 0.899. The Kier molecular flexibility index (Phi) is 3.26. The summed E-state index contributed by atoms with van der Waals surface area (Å²) in [5.74, 6) is 2.22. The minimum Gasteiger partial charge on any atom is -0.454 e. The van der Waals surface area contributed by atoms with Gasteiger partial charge < -0.3 is 24.1 Å². The van der Waals surface area contributed by atoms with Crippen LogP contribution in [0.15, 0.2) is 12.1 Å². The lowest BCUT2D eigenvalue weighted by Gasteiger charge is -2.29. The number of aliphatic hydroxyl groups is 1. The zero-order valence-corrected chi connectivity index (χ0v) is 12.9. The van der Waals surface area contributed by atoms with Crippen LogP contribution in [-0.4, -0.2) is 55.5 Å². The molecule has 6 nitrogen and oxygen atoms in total. The van der Waals surface area contributed by atoms with Gasteiger partial charge in [-0.05, 0) is 23.3 Å². The van der Waals surface area contributed by atoms with Gasteiger partial charge in [-0.3, -0.25) is 4.90 Å². The predicted octanol–water partition coefficient (Wildman–Crippen LogP) is 1.07. The van der Waals surface area contributed by atoms with Gasteiger partial charge in [0.05, 0.1) is 13.2 Å². The maximum absolute atomic E-state index is 10.0. The predicted molar refractivity (Wildman–Crippen MR) is 80.4 cm³/mol. The summed E-state index contributed by atoms with van der Waals surface area (Å²) in [6.45, 7) is 3.70. The Morgan fingerprint density at radius 2 is 1.91 bits per heavy atom. The van der Waals surface area contributed by atoms with Crippen LogP contribution < -0.4 is 9.47 Å². The van der Waals surface area contributed by atoms with E-state index in [2.05, 4.69) is 17.0 Å². The van der Waals surface area contributed by atoms with Crippen LogP contribution in [-0.2, 0) is 16.0 Å². The zero-order chi connectivity index (χ0) is 15.4. The molecular formula is C17H21NO5. The van der Waals surface area contributed by atoms with Crippen molar-refractivity contribution in [3.63, 3.8) is 0 Å². The van der Waals surface area contributed by atoms with Crippen molar-refractivity contribution in [3.8, 4) is 11.5 Å². The first-order valence-electron chi connectivity index (χ1n) is 8.34. The van der Waals surface area contributed by atoms with Gasteiger partial charge >= 0.3 is 0 Å². The van der Waals surface area contributed by atoms with Gasteiger partial charge in [0.25, 0.3) is 0 Å². The first kappa shape index (κ1) is 14.0. The van der Waals surface area contributed by atoms with Crippen molar-refractivity contribution in [2.24, 2.45) is 5.92 Å². The molecule has 0 amide bonds. The fourth-order valence-electron chi connectivity index (χ4n) is 4.59. The van der Waals surface area contributed by atoms with Crippen molar-refractivity contribution in [3.05, 3.63) is 23.3 Å². The van der Waals surface area contributed by atoms with E-state index in [0.29, 0.717) is 25.9 Å². The minimum absolute atomic E-state index is 0.131. The van der Waals surface area contributed by atoms with Gasteiger partial charge in [0, 0.05) is 44.0 Å². The van der Waals surface area contributed by atoms with Gasteiger partial charge in [0.2, 0.25) is 6.79 Å². The molecule has 4 atom stereocenters. The van der Waals surface area contributed by atoms with E-state index in [1.807, 2.05) is 0 Å². The highest BCUT2D eigenvalue weighted by Crippen LogP contribution is 2.48. The highest BCUT2D eigenvalue weighted by molar-refractivity contribution is 5.51. The summed E-state index contributed by atoms with van der Waals surface area (Å²) in [6, 6.07) is 4.51. The topological polar surface area (TPSA) is 60.4 Å². The summed E-state index contributed by atoms with van der Waals surface area (Å²) in [6.07, 6.45) is 0.691. The number of hydrogen-bond acceptors (Lipinski definition) is 6. The summed E-state index contributed by atoms with van der Waals surface area (Å²) in [7, 11) is 0. The lowest BCUT2D eigenvalue weighted by Crippen LogP contribution is -2.36. The van der Waals surface area contributed by atoms with Crippen molar-refractivity contribution in [1.82, 2.24) is 4.90 Å². The summed E-state index contributed by atoms with van der Waals surface area (Å²) >= 11 is 0. The molecule has 4 aliphatic heterocycles. The molecule has 2 saturated heterocycles. The van der Waals surface area contributed by atoms with Crippen LogP contribution in [0, 0.1) is 5.92 Å². The second kappa shape index (κ2) is 5.34. The number of nitrogens with zero attached hydrogens (tertiary/aromatic N) is 1. The first-order chi connectivity index (χ1) is 11.3. The van der Waals surface area contributed by atoms with Gasteiger partial charge in [-0.2, -0.15) is 0 Å². The Hall–Kier alpha value is -1.34. The molecule has 0 spiro atoms. The summed E-state index contributed by atoms with van der Waals surface area (Å²) in [4.78, 5) is 2.46.